The molecule has 5 heteroatoms. The van der Waals surface area contributed by atoms with Crippen LogP contribution in [0.2, 0.25) is 0 Å². The molecule has 0 fully saturated rings. The first-order chi connectivity index (χ1) is 11.7. The van der Waals surface area contributed by atoms with Crippen molar-refractivity contribution in [3.8, 4) is 17.6 Å². The maximum absolute atomic E-state index is 12.1. The van der Waals surface area contributed by atoms with Crippen LogP contribution in [-0.4, -0.2) is 20.2 Å². The molecule has 5 nitrogen and oxygen atoms in total. The fraction of sp³-hybridized carbons (Fsp3) is 0.158. The maximum atomic E-state index is 12.1. The molecule has 0 radical (unpaired) electrons. The van der Waals surface area contributed by atoms with E-state index in [9.17, 15) is 10.1 Å². The highest BCUT2D eigenvalue weighted by atomic mass is 16.5. The van der Waals surface area contributed by atoms with E-state index in [-0.39, 0.29) is 12.2 Å². The fourth-order valence-corrected chi connectivity index (χ4v) is 2.05. The van der Waals surface area contributed by atoms with Gasteiger partial charge in [0.2, 0.25) is 0 Å². The van der Waals surface area contributed by atoms with Crippen molar-refractivity contribution in [1.82, 2.24) is 0 Å². The molecule has 0 bridgehead atoms. The lowest BCUT2D eigenvalue weighted by molar-refractivity contribution is -0.139. The monoisotopic (exact) mass is 323 g/mol. The van der Waals surface area contributed by atoms with Crippen molar-refractivity contribution in [3.63, 3.8) is 0 Å². The summed E-state index contributed by atoms with van der Waals surface area (Å²) < 4.78 is 15.5. The predicted molar refractivity (Wildman–Crippen MR) is 89.4 cm³/mol. The Balaban J connectivity index is 2.08. The van der Waals surface area contributed by atoms with Crippen LogP contribution in [-0.2, 0) is 16.1 Å². The minimum Gasteiger partial charge on any atom is -0.497 e. The molecular weight excluding hydrogens is 306 g/mol. The number of ether oxygens (including phenoxy) is 3. The van der Waals surface area contributed by atoms with Gasteiger partial charge in [-0.2, -0.15) is 5.26 Å². The van der Waals surface area contributed by atoms with Gasteiger partial charge >= 0.3 is 5.97 Å². The van der Waals surface area contributed by atoms with Gasteiger partial charge in [0.25, 0.3) is 0 Å². The number of rotatable bonds is 6. The molecule has 0 atom stereocenters. The summed E-state index contributed by atoms with van der Waals surface area (Å²) in [5.74, 6) is 0.645. The number of methoxy groups -OCH3 is 2. The highest BCUT2D eigenvalue weighted by molar-refractivity contribution is 5.97. The number of esters is 1. The van der Waals surface area contributed by atoms with Crippen molar-refractivity contribution in [2.24, 2.45) is 0 Å². The summed E-state index contributed by atoms with van der Waals surface area (Å²) in [6, 6.07) is 16.1. The van der Waals surface area contributed by atoms with Crippen molar-refractivity contribution in [3.05, 3.63) is 65.2 Å². The predicted octanol–water partition coefficient (Wildman–Crippen LogP) is 3.35. The zero-order chi connectivity index (χ0) is 17.4. The summed E-state index contributed by atoms with van der Waals surface area (Å²) in [5, 5.41) is 9.19. The van der Waals surface area contributed by atoms with E-state index >= 15 is 0 Å². The summed E-state index contributed by atoms with van der Waals surface area (Å²) >= 11 is 0. The number of hydrogen-bond donors (Lipinski definition) is 0. The second-order valence-corrected chi connectivity index (χ2v) is 4.83. The van der Waals surface area contributed by atoms with E-state index in [1.807, 2.05) is 18.2 Å². The van der Waals surface area contributed by atoms with Gasteiger partial charge in [-0.05, 0) is 29.8 Å². The molecule has 0 unspecified atom stereocenters. The average molecular weight is 323 g/mol. The van der Waals surface area contributed by atoms with E-state index in [0.29, 0.717) is 17.1 Å². The van der Waals surface area contributed by atoms with Crippen LogP contribution in [0.4, 0.5) is 0 Å². The molecule has 2 aromatic carbocycles. The maximum Gasteiger partial charge on any atom is 0.349 e. The van der Waals surface area contributed by atoms with Crippen LogP contribution in [0.5, 0.6) is 11.5 Å². The number of carbonyl (C=O) groups is 1. The Hall–Kier alpha value is -3.26. The van der Waals surface area contributed by atoms with Crippen LogP contribution in [0.1, 0.15) is 11.1 Å². The van der Waals surface area contributed by atoms with Crippen LogP contribution in [0.3, 0.4) is 0 Å². The SMILES string of the molecule is COc1ccc(C=C(C#N)C(=O)OCc2ccccc2OC)cc1. The molecule has 2 aromatic rings. The van der Waals surface area contributed by atoms with Gasteiger partial charge in [-0.1, -0.05) is 30.3 Å². The third kappa shape index (κ3) is 4.37. The fourth-order valence-electron chi connectivity index (χ4n) is 2.05. The molecule has 0 heterocycles. The van der Waals surface area contributed by atoms with Crippen molar-refractivity contribution in [2.45, 2.75) is 6.61 Å². The first kappa shape index (κ1) is 17.1. The lowest BCUT2D eigenvalue weighted by Crippen LogP contribution is -2.07. The molecule has 0 aliphatic carbocycles. The molecule has 0 aromatic heterocycles. The quantitative estimate of drug-likeness (QED) is 0.463. The van der Waals surface area contributed by atoms with Crippen molar-refractivity contribution < 1.29 is 19.0 Å². The average Bonchev–Trinajstić information content (AvgIpc) is 2.64. The van der Waals surface area contributed by atoms with Gasteiger partial charge in [0.05, 0.1) is 14.2 Å². The molecular formula is C19H17NO4. The number of hydrogen-bond acceptors (Lipinski definition) is 5. The van der Waals surface area contributed by atoms with Crippen molar-refractivity contribution >= 4 is 12.0 Å². The van der Waals surface area contributed by atoms with Gasteiger partial charge in [-0.25, -0.2) is 4.79 Å². The van der Waals surface area contributed by atoms with Crippen LogP contribution >= 0.6 is 0 Å². The zero-order valence-electron chi connectivity index (χ0n) is 13.5. The topological polar surface area (TPSA) is 68.5 Å². The number of carbonyl (C=O) groups excluding carboxylic acids is 1. The summed E-state index contributed by atoms with van der Waals surface area (Å²) in [5.41, 5.74) is 1.37. The minimum absolute atomic E-state index is 0.0322. The highest BCUT2D eigenvalue weighted by Crippen LogP contribution is 2.19. The first-order valence-electron chi connectivity index (χ1n) is 7.22. The third-order valence-electron chi connectivity index (χ3n) is 3.32. The summed E-state index contributed by atoms with van der Waals surface area (Å²) in [7, 11) is 3.12. The Morgan fingerprint density at radius 2 is 1.79 bits per heavy atom. The zero-order valence-corrected chi connectivity index (χ0v) is 13.5. The molecule has 0 spiro atoms. The smallest absolute Gasteiger partial charge is 0.349 e. The van der Waals surface area contributed by atoms with E-state index in [1.165, 1.54) is 6.08 Å². The Morgan fingerprint density at radius 1 is 1.08 bits per heavy atom. The molecule has 2 rings (SSSR count). The first-order valence-corrected chi connectivity index (χ1v) is 7.22. The van der Waals surface area contributed by atoms with E-state index in [2.05, 4.69) is 0 Å². The number of para-hydroxylation sites is 1. The number of nitrogens with zero attached hydrogens (tertiary/aromatic N) is 1. The van der Waals surface area contributed by atoms with Crippen LogP contribution in [0.15, 0.2) is 54.1 Å². The Labute approximate surface area is 140 Å². The van der Waals surface area contributed by atoms with E-state index in [1.54, 1.807) is 50.6 Å². The van der Waals surface area contributed by atoms with Gasteiger partial charge < -0.3 is 14.2 Å². The Morgan fingerprint density at radius 3 is 2.42 bits per heavy atom. The molecule has 0 aliphatic rings. The van der Waals surface area contributed by atoms with E-state index < -0.39 is 5.97 Å². The minimum atomic E-state index is -0.681. The summed E-state index contributed by atoms with van der Waals surface area (Å²) in [6.07, 6.45) is 1.48. The van der Waals surface area contributed by atoms with Crippen LogP contribution < -0.4 is 9.47 Å². The number of benzene rings is 2. The van der Waals surface area contributed by atoms with Crippen LogP contribution in [0.25, 0.3) is 6.08 Å². The second kappa shape index (κ2) is 8.39. The molecule has 0 aliphatic heterocycles. The molecule has 0 saturated heterocycles. The van der Waals surface area contributed by atoms with Gasteiger partial charge in [0, 0.05) is 5.56 Å². The normalized spacial score (nSPS) is 10.6. The Kier molecular flexibility index (Phi) is 5.98. The van der Waals surface area contributed by atoms with Gasteiger partial charge in [-0.3, -0.25) is 0 Å². The molecule has 24 heavy (non-hydrogen) atoms. The molecule has 0 amide bonds. The largest absolute Gasteiger partial charge is 0.497 e. The van der Waals surface area contributed by atoms with Gasteiger partial charge in [0.15, 0.2) is 0 Å². The standard InChI is InChI=1S/C19H17NO4/c1-22-17-9-7-14(8-10-17)11-16(12-20)19(21)24-13-15-5-3-4-6-18(15)23-2/h3-11H,13H2,1-2H3. The molecule has 122 valence electrons. The molecule has 0 N–H and O–H groups in total. The second-order valence-electron chi connectivity index (χ2n) is 4.83. The van der Waals surface area contributed by atoms with Crippen molar-refractivity contribution in [2.75, 3.05) is 14.2 Å². The summed E-state index contributed by atoms with van der Waals surface area (Å²) in [6.45, 7) is 0.0322. The lowest BCUT2D eigenvalue weighted by Gasteiger charge is -2.08. The third-order valence-corrected chi connectivity index (χ3v) is 3.32. The van der Waals surface area contributed by atoms with E-state index in [0.717, 1.165) is 5.56 Å². The lowest BCUT2D eigenvalue weighted by atomic mass is 10.1. The summed E-state index contributed by atoms with van der Waals surface area (Å²) in [4.78, 5) is 12.1. The molecule has 0 saturated carbocycles. The van der Waals surface area contributed by atoms with Crippen molar-refractivity contribution in [1.29, 1.82) is 5.26 Å². The highest BCUT2D eigenvalue weighted by Gasteiger charge is 2.12. The number of nitriles is 1. The van der Waals surface area contributed by atoms with Gasteiger partial charge in [0.1, 0.15) is 29.7 Å². The van der Waals surface area contributed by atoms with Crippen LogP contribution in [0, 0.1) is 11.3 Å². The Bertz CT molecular complexity index is 773. The van der Waals surface area contributed by atoms with Gasteiger partial charge in [-0.15, -0.1) is 0 Å². The van der Waals surface area contributed by atoms with E-state index in [4.69, 9.17) is 14.2 Å².